The summed E-state index contributed by atoms with van der Waals surface area (Å²) >= 11 is 0. The number of nitrogens with one attached hydrogen (secondary N) is 1. The Morgan fingerprint density at radius 3 is 2.59 bits per heavy atom. The van der Waals surface area contributed by atoms with E-state index in [2.05, 4.69) is 12.2 Å². The molecule has 0 saturated heterocycles. The number of hydrogen-bond acceptors (Lipinski definition) is 3. The highest BCUT2D eigenvalue weighted by atomic mass is 32.2. The Balaban J connectivity index is 2.26. The van der Waals surface area contributed by atoms with E-state index in [1.54, 1.807) is 6.92 Å². The number of fused-ring (bicyclic) bond motifs is 1. The normalized spacial score (nSPS) is 18.7. The van der Waals surface area contributed by atoms with Gasteiger partial charge in [0.25, 0.3) is 0 Å². The molecule has 22 heavy (non-hydrogen) atoms. The number of carbonyl (C=O) groups is 1. The maximum atomic E-state index is 12.4. The van der Waals surface area contributed by atoms with Gasteiger partial charge >= 0.3 is 0 Å². The largest absolute Gasteiger partial charge is 0.355 e. The SMILES string of the molecule is CCCCNC(=O)[C@@H]1Cc2ccccc2CN1S(=O)(=O)CC. The molecular formula is C16H24N2O3S. The highest BCUT2D eigenvalue weighted by molar-refractivity contribution is 7.89. The fourth-order valence-electron chi connectivity index (χ4n) is 2.69. The molecule has 1 heterocycles. The van der Waals surface area contributed by atoms with E-state index < -0.39 is 16.1 Å². The molecule has 0 aromatic heterocycles. The molecule has 0 unspecified atom stereocenters. The second-order valence-electron chi connectivity index (χ2n) is 5.58. The van der Waals surface area contributed by atoms with Crippen LogP contribution in [0.2, 0.25) is 0 Å². The minimum absolute atomic E-state index is 0.00784. The first-order chi connectivity index (χ1) is 10.5. The molecule has 122 valence electrons. The lowest BCUT2D eigenvalue weighted by Crippen LogP contribution is -2.53. The average molecular weight is 324 g/mol. The second-order valence-corrected chi connectivity index (χ2v) is 7.79. The standard InChI is InChI=1S/C16H24N2O3S/c1-3-5-10-17-16(19)15-11-13-8-6-7-9-14(13)12-18(15)22(20,21)4-2/h6-9,15H,3-5,10-12H2,1-2H3,(H,17,19)/t15-/m0/s1. The molecule has 1 amide bonds. The second kappa shape index (κ2) is 7.24. The van der Waals surface area contributed by atoms with E-state index in [1.807, 2.05) is 24.3 Å². The first-order valence-corrected chi connectivity index (χ1v) is 9.44. The number of unbranched alkanes of at least 4 members (excludes halogenated alkanes) is 1. The van der Waals surface area contributed by atoms with Crippen molar-refractivity contribution >= 4 is 15.9 Å². The van der Waals surface area contributed by atoms with Crippen LogP contribution in [0.1, 0.15) is 37.8 Å². The van der Waals surface area contributed by atoms with Crippen LogP contribution in [0.4, 0.5) is 0 Å². The summed E-state index contributed by atoms with van der Waals surface area (Å²) in [4.78, 5) is 12.4. The Morgan fingerprint density at radius 1 is 1.27 bits per heavy atom. The third kappa shape index (κ3) is 3.67. The van der Waals surface area contributed by atoms with Crippen molar-refractivity contribution in [2.45, 2.75) is 45.7 Å². The molecule has 0 fully saturated rings. The van der Waals surface area contributed by atoms with E-state index >= 15 is 0 Å². The van der Waals surface area contributed by atoms with Crippen molar-refractivity contribution in [2.24, 2.45) is 0 Å². The van der Waals surface area contributed by atoms with Crippen LogP contribution >= 0.6 is 0 Å². The van der Waals surface area contributed by atoms with E-state index in [4.69, 9.17) is 0 Å². The fraction of sp³-hybridized carbons (Fsp3) is 0.562. The first-order valence-electron chi connectivity index (χ1n) is 7.83. The molecular weight excluding hydrogens is 300 g/mol. The van der Waals surface area contributed by atoms with E-state index in [0.717, 1.165) is 24.0 Å². The monoisotopic (exact) mass is 324 g/mol. The lowest BCUT2D eigenvalue weighted by Gasteiger charge is -2.34. The number of carbonyl (C=O) groups excluding carboxylic acids is 1. The molecule has 1 aromatic carbocycles. The summed E-state index contributed by atoms with van der Waals surface area (Å²) in [7, 11) is -3.42. The van der Waals surface area contributed by atoms with Crippen LogP contribution in [0.3, 0.4) is 0 Å². The molecule has 0 saturated carbocycles. The number of hydrogen-bond donors (Lipinski definition) is 1. The molecule has 1 atom stereocenters. The summed E-state index contributed by atoms with van der Waals surface area (Å²) < 4.78 is 26.1. The van der Waals surface area contributed by atoms with Crippen LogP contribution in [0.25, 0.3) is 0 Å². The van der Waals surface area contributed by atoms with E-state index in [1.165, 1.54) is 4.31 Å². The van der Waals surface area contributed by atoms with Crippen LogP contribution in [0.5, 0.6) is 0 Å². The summed E-state index contributed by atoms with van der Waals surface area (Å²) in [5, 5.41) is 2.87. The van der Waals surface area contributed by atoms with Crippen molar-refractivity contribution in [1.29, 1.82) is 0 Å². The van der Waals surface area contributed by atoms with Crippen LogP contribution in [0.15, 0.2) is 24.3 Å². The first kappa shape index (κ1) is 17.0. The van der Waals surface area contributed by atoms with Crippen molar-refractivity contribution < 1.29 is 13.2 Å². The lowest BCUT2D eigenvalue weighted by molar-refractivity contribution is -0.125. The predicted octanol–water partition coefficient (Wildman–Crippen LogP) is 1.68. The van der Waals surface area contributed by atoms with E-state index in [-0.39, 0.29) is 18.2 Å². The molecule has 0 aliphatic carbocycles. The Hall–Kier alpha value is -1.40. The average Bonchev–Trinajstić information content (AvgIpc) is 2.53. The van der Waals surface area contributed by atoms with Gasteiger partial charge < -0.3 is 5.32 Å². The molecule has 1 aliphatic rings. The molecule has 6 heteroatoms. The Bertz CT molecular complexity index is 628. The molecule has 2 rings (SSSR count). The van der Waals surface area contributed by atoms with Gasteiger partial charge in [0.1, 0.15) is 6.04 Å². The molecule has 0 bridgehead atoms. The van der Waals surface area contributed by atoms with Crippen molar-refractivity contribution in [3.63, 3.8) is 0 Å². The van der Waals surface area contributed by atoms with Gasteiger partial charge in [-0.25, -0.2) is 8.42 Å². The van der Waals surface area contributed by atoms with Crippen molar-refractivity contribution in [1.82, 2.24) is 9.62 Å². The molecule has 1 N–H and O–H groups in total. The van der Waals surface area contributed by atoms with Gasteiger partial charge in [0.2, 0.25) is 15.9 Å². The van der Waals surface area contributed by atoms with Gasteiger partial charge in [-0.1, -0.05) is 37.6 Å². The molecule has 1 aromatic rings. The fourth-order valence-corrected chi connectivity index (χ4v) is 3.91. The van der Waals surface area contributed by atoms with Crippen molar-refractivity contribution in [3.8, 4) is 0 Å². The molecule has 0 spiro atoms. The Labute approximate surface area is 132 Å². The maximum absolute atomic E-state index is 12.4. The van der Waals surface area contributed by atoms with Gasteiger partial charge in [-0.2, -0.15) is 4.31 Å². The maximum Gasteiger partial charge on any atom is 0.238 e. The highest BCUT2D eigenvalue weighted by Crippen LogP contribution is 2.26. The number of amides is 1. The molecule has 5 nitrogen and oxygen atoms in total. The van der Waals surface area contributed by atoms with Crippen molar-refractivity contribution in [3.05, 3.63) is 35.4 Å². The minimum Gasteiger partial charge on any atom is -0.355 e. The van der Waals surface area contributed by atoms with Gasteiger partial charge in [-0.15, -0.1) is 0 Å². The lowest BCUT2D eigenvalue weighted by atomic mass is 9.95. The number of rotatable bonds is 6. The predicted molar refractivity (Wildman–Crippen MR) is 86.9 cm³/mol. The quantitative estimate of drug-likeness (QED) is 0.810. The van der Waals surface area contributed by atoms with Gasteiger partial charge in [0, 0.05) is 13.1 Å². The summed E-state index contributed by atoms with van der Waals surface area (Å²) in [6.45, 7) is 4.53. The third-order valence-corrected chi connectivity index (χ3v) is 5.89. The zero-order valence-corrected chi connectivity index (χ0v) is 14.0. The van der Waals surface area contributed by atoms with Crippen LogP contribution in [0, 0.1) is 0 Å². The van der Waals surface area contributed by atoms with Gasteiger partial charge in [0.05, 0.1) is 5.75 Å². The van der Waals surface area contributed by atoms with Crippen LogP contribution in [-0.4, -0.2) is 37.0 Å². The summed E-state index contributed by atoms with van der Waals surface area (Å²) in [6.07, 6.45) is 2.33. The van der Waals surface area contributed by atoms with E-state index in [9.17, 15) is 13.2 Å². The van der Waals surface area contributed by atoms with Crippen LogP contribution < -0.4 is 5.32 Å². The zero-order valence-electron chi connectivity index (χ0n) is 13.2. The summed E-state index contributed by atoms with van der Waals surface area (Å²) in [5.74, 6) is -0.187. The van der Waals surface area contributed by atoms with Gasteiger partial charge in [0.15, 0.2) is 0 Å². The van der Waals surface area contributed by atoms with E-state index in [0.29, 0.717) is 13.0 Å². The van der Waals surface area contributed by atoms with Crippen LogP contribution in [-0.2, 0) is 27.8 Å². The van der Waals surface area contributed by atoms with Gasteiger partial charge in [-0.3, -0.25) is 4.79 Å². The zero-order chi connectivity index (χ0) is 16.2. The van der Waals surface area contributed by atoms with Crippen molar-refractivity contribution in [2.75, 3.05) is 12.3 Å². The smallest absolute Gasteiger partial charge is 0.238 e. The number of benzene rings is 1. The topological polar surface area (TPSA) is 66.5 Å². The molecule has 1 aliphatic heterocycles. The summed E-state index contributed by atoms with van der Waals surface area (Å²) in [5.41, 5.74) is 2.04. The van der Waals surface area contributed by atoms with Gasteiger partial charge in [-0.05, 0) is 30.9 Å². The Morgan fingerprint density at radius 2 is 1.95 bits per heavy atom. The third-order valence-electron chi connectivity index (χ3n) is 4.06. The number of nitrogens with zero attached hydrogens (tertiary/aromatic N) is 1. The highest BCUT2D eigenvalue weighted by Gasteiger charge is 2.37. The number of sulfonamides is 1. The molecule has 0 radical (unpaired) electrons. The Kier molecular flexibility index (Phi) is 5.58. The minimum atomic E-state index is -3.42. The summed E-state index contributed by atoms with van der Waals surface area (Å²) in [6, 6.07) is 7.08.